The number of carbonyl (C=O) groups is 3. The van der Waals surface area contributed by atoms with Crippen molar-refractivity contribution in [3.8, 4) is 0 Å². The number of urea groups is 1. The summed E-state index contributed by atoms with van der Waals surface area (Å²) in [5.74, 6) is -0.830. The summed E-state index contributed by atoms with van der Waals surface area (Å²) in [7, 11) is 1.63. The Kier molecular flexibility index (Phi) is 5.29. The van der Waals surface area contributed by atoms with Crippen molar-refractivity contribution < 1.29 is 14.4 Å². The molecule has 0 aromatic heterocycles. The van der Waals surface area contributed by atoms with Crippen LogP contribution in [0, 0.1) is 0 Å². The highest BCUT2D eigenvalue weighted by molar-refractivity contribution is 6.13. The van der Waals surface area contributed by atoms with Gasteiger partial charge in [0, 0.05) is 12.7 Å². The summed E-state index contributed by atoms with van der Waals surface area (Å²) in [4.78, 5) is 42.5. The van der Waals surface area contributed by atoms with Crippen LogP contribution in [0.2, 0.25) is 0 Å². The molecule has 0 bridgehead atoms. The van der Waals surface area contributed by atoms with Gasteiger partial charge in [0.05, 0.1) is 0 Å². The number of rotatable bonds is 5. The SMILES string of the molecule is CC(C(=O)N(C)c1ccccc1)N1C(=O)NC(c2ccccc2)(c2ccccc2)C1=O. The van der Waals surface area contributed by atoms with Crippen molar-refractivity contribution >= 4 is 23.5 Å². The van der Waals surface area contributed by atoms with Crippen LogP contribution in [0.25, 0.3) is 0 Å². The molecule has 1 atom stereocenters. The number of hydrogen-bond acceptors (Lipinski definition) is 3. The number of imide groups is 1. The molecule has 1 aliphatic rings. The van der Waals surface area contributed by atoms with Gasteiger partial charge in [-0.1, -0.05) is 78.9 Å². The highest BCUT2D eigenvalue weighted by Gasteiger charge is 2.56. The minimum atomic E-state index is -1.39. The maximum Gasteiger partial charge on any atom is 0.326 e. The topological polar surface area (TPSA) is 69.7 Å². The Morgan fingerprint density at radius 1 is 0.839 bits per heavy atom. The van der Waals surface area contributed by atoms with E-state index in [0.717, 1.165) is 4.90 Å². The van der Waals surface area contributed by atoms with Gasteiger partial charge in [-0.15, -0.1) is 0 Å². The summed E-state index contributed by atoms with van der Waals surface area (Å²) in [5, 5.41) is 2.88. The molecular weight excluding hydrogens is 390 g/mol. The van der Waals surface area contributed by atoms with Crippen LogP contribution >= 0.6 is 0 Å². The molecule has 3 aromatic carbocycles. The molecule has 0 spiro atoms. The lowest BCUT2D eigenvalue weighted by atomic mass is 9.82. The Balaban J connectivity index is 1.73. The predicted octanol–water partition coefficient (Wildman–Crippen LogP) is 3.53. The van der Waals surface area contributed by atoms with Gasteiger partial charge in [-0.3, -0.25) is 9.59 Å². The first-order valence-corrected chi connectivity index (χ1v) is 10.1. The Labute approximate surface area is 181 Å². The second kappa shape index (κ2) is 8.07. The lowest BCUT2D eigenvalue weighted by Crippen LogP contribution is -2.50. The Morgan fingerprint density at radius 2 is 1.29 bits per heavy atom. The first-order chi connectivity index (χ1) is 15.0. The zero-order valence-corrected chi connectivity index (χ0v) is 17.4. The van der Waals surface area contributed by atoms with Gasteiger partial charge in [0.2, 0.25) is 5.91 Å². The molecule has 0 saturated carbocycles. The van der Waals surface area contributed by atoms with E-state index in [0.29, 0.717) is 16.8 Å². The van der Waals surface area contributed by atoms with Gasteiger partial charge < -0.3 is 10.2 Å². The Bertz CT molecular complexity index is 1060. The standard InChI is InChI=1S/C25H23N3O3/c1-18(22(29)27(2)21-16-10-5-11-17-21)28-23(30)25(26-24(28)31,19-12-6-3-7-13-19)20-14-8-4-9-15-20/h3-18H,1-2H3,(H,26,31). The van der Waals surface area contributed by atoms with Gasteiger partial charge in [0.15, 0.2) is 5.54 Å². The molecule has 6 heteroatoms. The lowest BCUT2D eigenvalue weighted by Gasteiger charge is -2.30. The van der Waals surface area contributed by atoms with Crippen molar-refractivity contribution in [3.05, 3.63) is 102 Å². The number of benzene rings is 3. The highest BCUT2D eigenvalue weighted by Crippen LogP contribution is 2.37. The zero-order valence-electron chi connectivity index (χ0n) is 17.4. The fourth-order valence-corrected chi connectivity index (χ4v) is 4.00. The minimum absolute atomic E-state index is 0.355. The number of hydrogen-bond donors (Lipinski definition) is 1. The van der Waals surface area contributed by atoms with E-state index in [-0.39, 0.29) is 5.91 Å². The van der Waals surface area contributed by atoms with Crippen LogP contribution in [0.3, 0.4) is 0 Å². The van der Waals surface area contributed by atoms with Crippen LogP contribution in [-0.4, -0.2) is 35.8 Å². The summed E-state index contributed by atoms with van der Waals surface area (Å²) >= 11 is 0. The fraction of sp³-hybridized carbons (Fsp3) is 0.160. The summed E-state index contributed by atoms with van der Waals surface area (Å²) in [6.07, 6.45) is 0. The Hall–Kier alpha value is -3.93. The second-order valence-electron chi connectivity index (χ2n) is 7.50. The maximum absolute atomic E-state index is 13.8. The molecule has 31 heavy (non-hydrogen) atoms. The zero-order chi connectivity index (χ0) is 22.0. The number of anilines is 1. The van der Waals surface area contributed by atoms with E-state index in [4.69, 9.17) is 0 Å². The number of nitrogens with one attached hydrogen (secondary N) is 1. The van der Waals surface area contributed by atoms with E-state index in [2.05, 4.69) is 5.32 Å². The molecular formula is C25H23N3O3. The molecule has 1 N–H and O–H groups in total. The Morgan fingerprint density at radius 3 is 1.77 bits per heavy atom. The molecule has 156 valence electrons. The van der Waals surface area contributed by atoms with Gasteiger partial charge >= 0.3 is 6.03 Å². The van der Waals surface area contributed by atoms with Crippen molar-refractivity contribution in [1.29, 1.82) is 0 Å². The van der Waals surface area contributed by atoms with Crippen molar-refractivity contribution in [1.82, 2.24) is 10.2 Å². The molecule has 4 rings (SSSR count). The summed E-state index contributed by atoms with van der Waals surface area (Å²) in [6.45, 7) is 1.57. The van der Waals surface area contributed by atoms with E-state index < -0.39 is 23.5 Å². The van der Waals surface area contributed by atoms with Crippen molar-refractivity contribution in [3.63, 3.8) is 0 Å². The van der Waals surface area contributed by atoms with E-state index in [9.17, 15) is 14.4 Å². The summed E-state index contributed by atoms with van der Waals surface area (Å²) in [5.41, 5.74) is 0.569. The minimum Gasteiger partial charge on any atom is -0.315 e. The first-order valence-electron chi connectivity index (χ1n) is 10.1. The van der Waals surface area contributed by atoms with Crippen molar-refractivity contribution in [2.24, 2.45) is 0 Å². The van der Waals surface area contributed by atoms with E-state index in [1.165, 1.54) is 4.90 Å². The van der Waals surface area contributed by atoms with Gasteiger partial charge in [0.25, 0.3) is 5.91 Å². The van der Waals surface area contributed by atoms with Gasteiger partial charge in [0.1, 0.15) is 6.04 Å². The third kappa shape index (κ3) is 3.36. The average Bonchev–Trinajstić information content (AvgIpc) is 3.10. The van der Waals surface area contributed by atoms with Crippen LogP contribution in [0.1, 0.15) is 18.1 Å². The molecule has 1 fully saturated rings. The van der Waals surface area contributed by atoms with Crippen LogP contribution < -0.4 is 10.2 Å². The predicted molar refractivity (Wildman–Crippen MR) is 118 cm³/mol. The molecule has 6 nitrogen and oxygen atoms in total. The quantitative estimate of drug-likeness (QED) is 0.651. The summed E-state index contributed by atoms with van der Waals surface area (Å²) in [6, 6.07) is 25.7. The van der Waals surface area contributed by atoms with Crippen LogP contribution in [0.15, 0.2) is 91.0 Å². The number of para-hydroxylation sites is 1. The molecule has 3 aromatic rings. The normalized spacial score (nSPS) is 16.0. The van der Waals surface area contributed by atoms with E-state index in [1.54, 1.807) is 50.4 Å². The molecule has 0 radical (unpaired) electrons. The highest BCUT2D eigenvalue weighted by atomic mass is 16.2. The smallest absolute Gasteiger partial charge is 0.315 e. The molecule has 0 aliphatic carbocycles. The van der Waals surface area contributed by atoms with Crippen LogP contribution in [0.5, 0.6) is 0 Å². The second-order valence-corrected chi connectivity index (χ2v) is 7.50. The maximum atomic E-state index is 13.8. The summed E-state index contributed by atoms with van der Waals surface area (Å²) < 4.78 is 0. The monoisotopic (exact) mass is 413 g/mol. The number of carbonyl (C=O) groups excluding carboxylic acids is 3. The van der Waals surface area contributed by atoms with Gasteiger partial charge in [-0.25, -0.2) is 9.69 Å². The number of likely N-dealkylation sites (N-methyl/N-ethyl adjacent to an activating group) is 1. The van der Waals surface area contributed by atoms with Crippen molar-refractivity contribution in [2.45, 2.75) is 18.5 Å². The molecule has 1 saturated heterocycles. The average molecular weight is 413 g/mol. The van der Waals surface area contributed by atoms with Gasteiger partial charge in [-0.05, 0) is 30.2 Å². The van der Waals surface area contributed by atoms with Crippen molar-refractivity contribution in [2.75, 3.05) is 11.9 Å². The number of nitrogens with zero attached hydrogens (tertiary/aromatic N) is 2. The van der Waals surface area contributed by atoms with Crippen LogP contribution in [-0.2, 0) is 15.1 Å². The van der Waals surface area contributed by atoms with E-state index in [1.807, 2.05) is 54.6 Å². The molecule has 1 aliphatic heterocycles. The third-order valence-corrected chi connectivity index (χ3v) is 5.69. The van der Waals surface area contributed by atoms with E-state index >= 15 is 0 Å². The number of amides is 4. The molecule has 1 heterocycles. The largest absolute Gasteiger partial charge is 0.326 e. The third-order valence-electron chi connectivity index (χ3n) is 5.69. The first kappa shape index (κ1) is 20.3. The molecule has 1 unspecified atom stereocenters. The molecule has 4 amide bonds. The van der Waals surface area contributed by atoms with Gasteiger partial charge in [-0.2, -0.15) is 0 Å². The van der Waals surface area contributed by atoms with Crippen LogP contribution in [0.4, 0.5) is 10.5 Å². The lowest BCUT2D eigenvalue weighted by molar-refractivity contribution is -0.136. The fourth-order valence-electron chi connectivity index (χ4n) is 4.00.